The van der Waals surface area contributed by atoms with Crippen LogP contribution in [0.4, 0.5) is 13.2 Å². The third kappa shape index (κ3) is 5.35. The number of phenolic OH excluding ortho intramolecular Hbond substituents is 1. The summed E-state index contributed by atoms with van der Waals surface area (Å²) in [7, 11) is 0. The molecular formula is C12H17F3N2O2. The number of hydrogen-bond donors (Lipinski definition) is 3. The van der Waals surface area contributed by atoms with Crippen molar-refractivity contribution in [2.45, 2.75) is 31.7 Å². The average molecular weight is 278 g/mol. The second-order valence-electron chi connectivity index (χ2n) is 4.16. The van der Waals surface area contributed by atoms with Crippen LogP contribution in [0.1, 0.15) is 30.9 Å². The van der Waals surface area contributed by atoms with Crippen LogP contribution in [0.25, 0.3) is 0 Å². The molecular weight excluding hydrogens is 261 g/mol. The fourth-order valence-electron chi connectivity index (χ4n) is 1.69. The largest absolute Gasteiger partial charge is 0.573 e. The number of benzene rings is 1. The maximum Gasteiger partial charge on any atom is 0.573 e. The van der Waals surface area contributed by atoms with Gasteiger partial charge in [-0.25, -0.2) is 0 Å². The molecule has 1 atom stereocenters. The van der Waals surface area contributed by atoms with Crippen molar-refractivity contribution < 1.29 is 23.0 Å². The van der Waals surface area contributed by atoms with E-state index in [4.69, 9.17) is 11.5 Å². The highest BCUT2D eigenvalue weighted by Gasteiger charge is 2.31. The SMILES string of the molecule is NCCCC[C@@H](N)c1cc(OC(F)(F)F)ccc1O. The van der Waals surface area contributed by atoms with Gasteiger partial charge in [-0.05, 0) is 37.6 Å². The molecule has 0 heterocycles. The van der Waals surface area contributed by atoms with Gasteiger partial charge < -0.3 is 21.3 Å². The maximum absolute atomic E-state index is 12.1. The normalized spacial score (nSPS) is 13.3. The molecule has 0 unspecified atom stereocenters. The molecule has 0 aromatic heterocycles. The second-order valence-corrected chi connectivity index (χ2v) is 4.16. The van der Waals surface area contributed by atoms with Gasteiger partial charge in [-0.15, -0.1) is 13.2 Å². The smallest absolute Gasteiger partial charge is 0.508 e. The maximum atomic E-state index is 12.1. The van der Waals surface area contributed by atoms with Crippen LogP contribution in [0.15, 0.2) is 18.2 Å². The molecule has 1 aromatic carbocycles. The van der Waals surface area contributed by atoms with E-state index in [1.807, 2.05) is 0 Å². The molecule has 0 aliphatic heterocycles. The lowest BCUT2D eigenvalue weighted by molar-refractivity contribution is -0.274. The van der Waals surface area contributed by atoms with Gasteiger partial charge in [-0.1, -0.05) is 6.42 Å². The zero-order valence-corrected chi connectivity index (χ0v) is 10.3. The van der Waals surface area contributed by atoms with E-state index in [-0.39, 0.29) is 11.3 Å². The van der Waals surface area contributed by atoms with E-state index in [0.717, 1.165) is 31.0 Å². The molecule has 0 saturated carbocycles. The Bertz CT molecular complexity index is 410. The molecule has 1 rings (SSSR count). The number of ether oxygens (including phenoxy) is 1. The van der Waals surface area contributed by atoms with E-state index in [0.29, 0.717) is 13.0 Å². The number of alkyl halides is 3. The minimum atomic E-state index is -4.77. The lowest BCUT2D eigenvalue weighted by atomic mass is 10.0. The van der Waals surface area contributed by atoms with E-state index < -0.39 is 18.2 Å². The van der Waals surface area contributed by atoms with Crippen molar-refractivity contribution >= 4 is 0 Å². The van der Waals surface area contributed by atoms with Crippen molar-refractivity contribution in [2.75, 3.05) is 6.54 Å². The van der Waals surface area contributed by atoms with Gasteiger partial charge in [0.15, 0.2) is 0 Å². The highest BCUT2D eigenvalue weighted by Crippen LogP contribution is 2.32. The molecule has 0 saturated heterocycles. The first-order valence-corrected chi connectivity index (χ1v) is 5.88. The zero-order chi connectivity index (χ0) is 14.5. The van der Waals surface area contributed by atoms with Crippen molar-refractivity contribution in [3.63, 3.8) is 0 Å². The zero-order valence-electron chi connectivity index (χ0n) is 10.3. The minimum Gasteiger partial charge on any atom is -0.508 e. The Kier molecular flexibility index (Phi) is 5.44. The number of rotatable bonds is 6. The number of unbranched alkanes of at least 4 members (excludes halogenated alkanes) is 1. The molecule has 0 bridgehead atoms. The standard InChI is InChI=1S/C12H17F3N2O2/c13-12(14,15)19-8-4-5-11(18)9(7-8)10(17)3-1-2-6-16/h4-5,7,10,18H,1-3,6,16-17H2/t10-/m1/s1. The Morgan fingerprint density at radius 2 is 1.95 bits per heavy atom. The number of aromatic hydroxyl groups is 1. The van der Waals surface area contributed by atoms with Gasteiger partial charge in [0.25, 0.3) is 0 Å². The van der Waals surface area contributed by atoms with Gasteiger partial charge in [0.1, 0.15) is 11.5 Å². The van der Waals surface area contributed by atoms with Crippen molar-refractivity contribution in [3.8, 4) is 11.5 Å². The van der Waals surface area contributed by atoms with E-state index in [2.05, 4.69) is 4.74 Å². The number of phenols is 1. The van der Waals surface area contributed by atoms with Crippen LogP contribution >= 0.6 is 0 Å². The van der Waals surface area contributed by atoms with Crippen molar-refractivity contribution in [1.82, 2.24) is 0 Å². The molecule has 0 radical (unpaired) electrons. The van der Waals surface area contributed by atoms with Crippen LogP contribution in [0.3, 0.4) is 0 Å². The van der Waals surface area contributed by atoms with E-state index in [9.17, 15) is 18.3 Å². The second kappa shape index (κ2) is 6.63. The molecule has 7 heteroatoms. The summed E-state index contributed by atoms with van der Waals surface area (Å²) in [4.78, 5) is 0. The fraction of sp³-hybridized carbons (Fsp3) is 0.500. The first-order valence-electron chi connectivity index (χ1n) is 5.88. The quantitative estimate of drug-likeness (QED) is 0.698. The summed E-state index contributed by atoms with van der Waals surface area (Å²) in [5, 5.41) is 9.62. The van der Waals surface area contributed by atoms with Crippen molar-refractivity contribution in [1.29, 1.82) is 0 Å². The fourth-order valence-corrected chi connectivity index (χ4v) is 1.69. The van der Waals surface area contributed by atoms with Gasteiger partial charge in [-0.2, -0.15) is 0 Å². The molecule has 0 aliphatic carbocycles. The molecule has 0 fully saturated rings. The summed E-state index contributed by atoms with van der Waals surface area (Å²) in [6, 6.07) is 2.73. The molecule has 0 spiro atoms. The predicted molar refractivity (Wildman–Crippen MR) is 64.6 cm³/mol. The summed E-state index contributed by atoms with van der Waals surface area (Å²) in [5.74, 6) is -0.538. The highest BCUT2D eigenvalue weighted by atomic mass is 19.4. The lowest BCUT2D eigenvalue weighted by Gasteiger charge is -2.16. The predicted octanol–water partition coefficient (Wildman–Crippen LogP) is 2.42. The topological polar surface area (TPSA) is 81.5 Å². The highest BCUT2D eigenvalue weighted by molar-refractivity contribution is 5.41. The first-order chi connectivity index (χ1) is 8.83. The van der Waals surface area contributed by atoms with Gasteiger partial charge in [0.05, 0.1) is 0 Å². The molecule has 0 amide bonds. The van der Waals surface area contributed by atoms with Crippen LogP contribution in [0.5, 0.6) is 11.5 Å². The summed E-state index contributed by atoms with van der Waals surface area (Å²) in [5.41, 5.74) is 11.4. The van der Waals surface area contributed by atoms with E-state index in [1.165, 1.54) is 0 Å². The Labute approximate surface area is 109 Å². The minimum absolute atomic E-state index is 0.144. The third-order valence-electron chi connectivity index (χ3n) is 2.60. The number of halogens is 3. The summed E-state index contributed by atoms with van der Waals surface area (Å²) in [6.45, 7) is 0.524. The third-order valence-corrected chi connectivity index (χ3v) is 2.60. The summed E-state index contributed by atoms with van der Waals surface area (Å²) < 4.78 is 40.1. The van der Waals surface area contributed by atoms with Crippen LogP contribution in [0.2, 0.25) is 0 Å². The summed E-state index contributed by atoms with van der Waals surface area (Å²) in [6.07, 6.45) is -2.73. The van der Waals surface area contributed by atoms with E-state index in [1.54, 1.807) is 0 Å². The number of nitrogens with two attached hydrogens (primary N) is 2. The molecule has 5 N–H and O–H groups in total. The van der Waals surface area contributed by atoms with Crippen molar-refractivity contribution in [3.05, 3.63) is 23.8 Å². The van der Waals surface area contributed by atoms with Crippen LogP contribution < -0.4 is 16.2 Å². The molecule has 1 aromatic rings. The number of hydrogen-bond acceptors (Lipinski definition) is 4. The monoisotopic (exact) mass is 278 g/mol. The van der Waals surface area contributed by atoms with E-state index >= 15 is 0 Å². The Morgan fingerprint density at radius 1 is 1.26 bits per heavy atom. The Morgan fingerprint density at radius 3 is 2.53 bits per heavy atom. The molecule has 4 nitrogen and oxygen atoms in total. The van der Waals surface area contributed by atoms with Crippen LogP contribution in [0, 0.1) is 0 Å². The molecule has 0 aliphatic rings. The Balaban J connectivity index is 2.78. The van der Waals surface area contributed by atoms with Gasteiger partial charge in [-0.3, -0.25) is 0 Å². The van der Waals surface area contributed by atoms with Crippen molar-refractivity contribution in [2.24, 2.45) is 11.5 Å². The van der Waals surface area contributed by atoms with Gasteiger partial charge >= 0.3 is 6.36 Å². The Hall–Kier alpha value is -1.47. The van der Waals surface area contributed by atoms with Gasteiger partial charge in [0.2, 0.25) is 0 Å². The average Bonchev–Trinajstić information content (AvgIpc) is 2.30. The van der Waals surface area contributed by atoms with Crippen LogP contribution in [-0.2, 0) is 0 Å². The molecule has 19 heavy (non-hydrogen) atoms. The molecule has 108 valence electrons. The van der Waals surface area contributed by atoms with Crippen LogP contribution in [-0.4, -0.2) is 18.0 Å². The summed E-state index contributed by atoms with van der Waals surface area (Å²) >= 11 is 0. The first kappa shape index (κ1) is 15.6. The van der Waals surface area contributed by atoms with Gasteiger partial charge in [0, 0.05) is 11.6 Å². The lowest BCUT2D eigenvalue weighted by Crippen LogP contribution is -2.18.